The molecule has 8 heteroatoms. The highest BCUT2D eigenvalue weighted by molar-refractivity contribution is 6.31. The van der Waals surface area contributed by atoms with Crippen LogP contribution >= 0.6 is 11.6 Å². The zero-order chi connectivity index (χ0) is 19.0. The minimum atomic E-state index is -0.606. The third kappa shape index (κ3) is 3.29. The number of hydrogen-bond donors (Lipinski definition) is 3. The normalized spacial score (nSPS) is 18.1. The number of rotatable bonds is 3. The zero-order valence-corrected chi connectivity index (χ0v) is 14.8. The SMILES string of the molecule is O=C(NNC(=O)C1CC1c1ccccc1Cl)c1n[nH]c(=O)c2ccccc12. The lowest BCUT2D eigenvalue weighted by molar-refractivity contribution is -0.123. The maximum atomic E-state index is 12.4. The molecule has 2 atom stereocenters. The topological polar surface area (TPSA) is 104 Å². The first kappa shape index (κ1) is 17.2. The Balaban J connectivity index is 1.44. The van der Waals surface area contributed by atoms with E-state index >= 15 is 0 Å². The molecule has 27 heavy (non-hydrogen) atoms. The number of nitrogens with zero attached hydrogens (tertiary/aromatic N) is 1. The Morgan fingerprint density at radius 3 is 2.52 bits per heavy atom. The summed E-state index contributed by atoms with van der Waals surface area (Å²) >= 11 is 6.17. The summed E-state index contributed by atoms with van der Waals surface area (Å²) in [7, 11) is 0. The van der Waals surface area contributed by atoms with Crippen molar-refractivity contribution in [2.75, 3.05) is 0 Å². The Morgan fingerprint density at radius 1 is 1.04 bits per heavy atom. The van der Waals surface area contributed by atoms with Crippen LogP contribution in [0.2, 0.25) is 5.02 Å². The van der Waals surface area contributed by atoms with E-state index in [4.69, 9.17) is 11.6 Å². The van der Waals surface area contributed by atoms with Gasteiger partial charge in [0.2, 0.25) is 5.91 Å². The van der Waals surface area contributed by atoms with Crippen molar-refractivity contribution in [3.63, 3.8) is 0 Å². The van der Waals surface area contributed by atoms with Gasteiger partial charge in [0.25, 0.3) is 11.5 Å². The number of nitrogens with one attached hydrogen (secondary N) is 3. The Bertz CT molecular complexity index is 1110. The Kier molecular flexibility index (Phi) is 4.37. The molecule has 2 amide bonds. The van der Waals surface area contributed by atoms with Crippen LogP contribution in [0.3, 0.4) is 0 Å². The van der Waals surface area contributed by atoms with E-state index in [1.807, 2.05) is 18.2 Å². The first-order chi connectivity index (χ1) is 13.1. The van der Waals surface area contributed by atoms with E-state index in [-0.39, 0.29) is 29.0 Å². The van der Waals surface area contributed by atoms with Crippen molar-refractivity contribution >= 4 is 34.2 Å². The third-order valence-electron chi connectivity index (χ3n) is 4.64. The molecule has 1 aromatic heterocycles. The molecule has 0 spiro atoms. The van der Waals surface area contributed by atoms with Crippen molar-refractivity contribution in [1.82, 2.24) is 21.0 Å². The van der Waals surface area contributed by atoms with Crippen LogP contribution in [0.1, 0.15) is 28.4 Å². The van der Waals surface area contributed by atoms with Gasteiger partial charge in [0.15, 0.2) is 5.69 Å². The van der Waals surface area contributed by atoms with Gasteiger partial charge < -0.3 is 0 Å². The van der Waals surface area contributed by atoms with Gasteiger partial charge in [0.05, 0.1) is 5.39 Å². The lowest BCUT2D eigenvalue weighted by Gasteiger charge is -2.08. The van der Waals surface area contributed by atoms with Crippen molar-refractivity contribution in [2.24, 2.45) is 5.92 Å². The average molecular weight is 383 g/mol. The van der Waals surface area contributed by atoms with E-state index in [9.17, 15) is 14.4 Å². The molecule has 1 saturated carbocycles. The van der Waals surface area contributed by atoms with Crippen LogP contribution in [0.25, 0.3) is 10.8 Å². The number of amides is 2. The number of carbonyl (C=O) groups is 2. The number of hydrogen-bond acceptors (Lipinski definition) is 4. The van der Waals surface area contributed by atoms with Crippen molar-refractivity contribution in [1.29, 1.82) is 0 Å². The minimum absolute atomic E-state index is 0.0314. The van der Waals surface area contributed by atoms with E-state index < -0.39 is 5.91 Å². The number of carbonyl (C=O) groups excluding carboxylic acids is 2. The van der Waals surface area contributed by atoms with Crippen LogP contribution in [-0.2, 0) is 4.79 Å². The molecule has 2 unspecified atom stereocenters. The quantitative estimate of drug-likeness (QED) is 0.603. The largest absolute Gasteiger partial charge is 0.290 e. The molecule has 4 rings (SSSR count). The lowest BCUT2D eigenvalue weighted by Crippen LogP contribution is -2.43. The number of halogens is 1. The van der Waals surface area contributed by atoms with E-state index in [1.165, 1.54) is 0 Å². The second-order valence-corrected chi connectivity index (χ2v) is 6.77. The number of aromatic amines is 1. The van der Waals surface area contributed by atoms with Gasteiger partial charge >= 0.3 is 0 Å². The van der Waals surface area contributed by atoms with Gasteiger partial charge in [-0.1, -0.05) is 48.0 Å². The fraction of sp³-hybridized carbons (Fsp3) is 0.158. The number of H-pyrrole nitrogens is 1. The average Bonchev–Trinajstić information content (AvgIpc) is 3.47. The molecule has 0 saturated heterocycles. The van der Waals surface area contributed by atoms with Crippen LogP contribution in [0.15, 0.2) is 53.3 Å². The van der Waals surface area contributed by atoms with Gasteiger partial charge in [-0.15, -0.1) is 0 Å². The molecule has 1 aliphatic rings. The fourth-order valence-corrected chi connectivity index (χ4v) is 3.44. The molecule has 7 nitrogen and oxygen atoms in total. The summed E-state index contributed by atoms with van der Waals surface area (Å²) < 4.78 is 0. The van der Waals surface area contributed by atoms with Gasteiger partial charge in [0.1, 0.15) is 0 Å². The van der Waals surface area contributed by atoms with Crippen LogP contribution in [-0.4, -0.2) is 22.0 Å². The third-order valence-corrected chi connectivity index (χ3v) is 4.99. The summed E-state index contributed by atoms with van der Waals surface area (Å²) in [6.07, 6.45) is 0.672. The second-order valence-electron chi connectivity index (χ2n) is 6.36. The van der Waals surface area contributed by atoms with E-state index in [1.54, 1.807) is 30.3 Å². The predicted molar refractivity (Wildman–Crippen MR) is 100 cm³/mol. The molecular weight excluding hydrogens is 368 g/mol. The smallest absolute Gasteiger partial charge is 0.273 e. The Hall–Kier alpha value is -3.19. The molecule has 2 aromatic carbocycles. The van der Waals surface area contributed by atoms with Crippen molar-refractivity contribution in [3.8, 4) is 0 Å². The maximum absolute atomic E-state index is 12.4. The van der Waals surface area contributed by atoms with E-state index in [0.29, 0.717) is 22.2 Å². The number of benzene rings is 2. The van der Waals surface area contributed by atoms with Crippen molar-refractivity contribution in [3.05, 3.63) is 75.2 Å². The summed E-state index contributed by atoms with van der Waals surface area (Å²) in [4.78, 5) is 36.5. The molecule has 1 fully saturated rings. The molecular formula is C19H15ClN4O3. The number of aromatic nitrogens is 2. The first-order valence-corrected chi connectivity index (χ1v) is 8.76. The Morgan fingerprint density at radius 2 is 1.74 bits per heavy atom. The van der Waals surface area contributed by atoms with Crippen molar-refractivity contribution in [2.45, 2.75) is 12.3 Å². The molecule has 0 aliphatic heterocycles. The van der Waals surface area contributed by atoms with Gasteiger partial charge in [-0.2, -0.15) is 5.10 Å². The fourth-order valence-electron chi connectivity index (χ4n) is 3.16. The standard InChI is InChI=1S/C19H15ClN4O3/c20-15-8-4-3-5-10(15)13-9-14(13)18(26)23-24-19(27)16-11-6-1-2-7-12(11)17(25)22-21-16/h1-8,13-14H,9H2,(H,22,25)(H,23,26)(H,24,27). The molecule has 3 N–H and O–H groups in total. The van der Waals surface area contributed by atoms with Gasteiger partial charge in [-0.3, -0.25) is 25.2 Å². The molecule has 0 bridgehead atoms. The monoisotopic (exact) mass is 382 g/mol. The molecule has 0 radical (unpaired) electrons. The summed E-state index contributed by atoms with van der Waals surface area (Å²) in [5.41, 5.74) is 5.37. The van der Waals surface area contributed by atoms with Gasteiger partial charge in [-0.05, 0) is 30.0 Å². The molecule has 1 heterocycles. The van der Waals surface area contributed by atoms with Crippen molar-refractivity contribution < 1.29 is 9.59 Å². The lowest BCUT2D eigenvalue weighted by atomic mass is 10.1. The highest BCUT2D eigenvalue weighted by atomic mass is 35.5. The van der Waals surface area contributed by atoms with Crippen LogP contribution in [0.4, 0.5) is 0 Å². The van der Waals surface area contributed by atoms with Crippen LogP contribution < -0.4 is 16.4 Å². The minimum Gasteiger partial charge on any atom is -0.273 e. The number of fused-ring (bicyclic) bond motifs is 1. The molecule has 1 aliphatic carbocycles. The van der Waals surface area contributed by atoms with Gasteiger partial charge in [-0.25, -0.2) is 5.10 Å². The summed E-state index contributed by atoms with van der Waals surface area (Å²) in [5.74, 6) is -1.10. The van der Waals surface area contributed by atoms with Crippen LogP contribution in [0, 0.1) is 5.92 Å². The zero-order valence-electron chi connectivity index (χ0n) is 14.0. The number of hydrazine groups is 1. The first-order valence-electron chi connectivity index (χ1n) is 8.38. The predicted octanol–water partition coefficient (Wildman–Crippen LogP) is 2.14. The highest BCUT2D eigenvalue weighted by Crippen LogP contribution is 2.49. The van der Waals surface area contributed by atoms with Crippen LogP contribution in [0.5, 0.6) is 0 Å². The summed E-state index contributed by atoms with van der Waals surface area (Å²) in [6, 6.07) is 14.0. The van der Waals surface area contributed by atoms with Gasteiger partial charge in [0, 0.05) is 16.3 Å². The Labute approximate surface area is 158 Å². The highest BCUT2D eigenvalue weighted by Gasteiger charge is 2.45. The second kappa shape index (κ2) is 6.85. The molecule has 3 aromatic rings. The summed E-state index contributed by atoms with van der Waals surface area (Å²) in [6.45, 7) is 0. The van der Waals surface area contributed by atoms with E-state index in [2.05, 4.69) is 21.0 Å². The maximum Gasteiger partial charge on any atom is 0.290 e. The summed E-state index contributed by atoms with van der Waals surface area (Å²) in [5, 5.41) is 7.48. The molecule has 136 valence electrons. The van der Waals surface area contributed by atoms with E-state index in [0.717, 1.165) is 5.56 Å².